The van der Waals surface area contributed by atoms with Gasteiger partial charge in [-0.05, 0) is 18.8 Å². The minimum atomic E-state index is -4.19. The zero-order valence-corrected chi connectivity index (χ0v) is 13.1. The zero-order valence-electron chi connectivity index (χ0n) is 13.1. The molecule has 0 aromatic carbocycles. The van der Waals surface area contributed by atoms with Crippen LogP contribution in [0.1, 0.15) is 33.6 Å². The van der Waals surface area contributed by atoms with Crippen LogP contribution in [0.4, 0.5) is 13.6 Å². The summed E-state index contributed by atoms with van der Waals surface area (Å²) in [6.07, 6.45) is -0.571. The van der Waals surface area contributed by atoms with Crippen LogP contribution in [0.3, 0.4) is 0 Å². The molecule has 0 saturated carbocycles. The second-order valence-corrected chi connectivity index (χ2v) is 5.86. The van der Waals surface area contributed by atoms with Gasteiger partial charge >= 0.3 is 12.0 Å². The van der Waals surface area contributed by atoms with Crippen LogP contribution in [0.25, 0.3) is 0 Å². The maximum absolute atomic E-state index is 13.6. The molecule has 23 heavy (non-hydrogen) atoms. The summed E-state index contributed by atoms with van der Waals surface area (Å²) in [6.45, 7) is 3.66. The summed E-state index contributed by atoms with van der Waals surface area (Å²) < 4.78 is 27.3. The van der Waals surface area contributed by atoms with Crippen molar-refractivity contribution in [3.63, 3.8) is 0 Å². The lowest BCUT2D eigenvalue weighted by atomic mass is 9.94. The average Bonchev–Trinajstić information content (AvgIpc) is 2.92. The number of hydrogen-bond acceptors (Lipinski definition) is 4. The van der Waals surface area contributed by atoms with E-state index in [1.807, 2.05) is 0 Å². The van der Waals surface area contributed by atoms with Crippen molar-refractivity contribution in [2.24, 2.45) is 5.92 Å². The summed E-state index contributed by atoms with van der Waals surface area (Å²) in [4.78, 5) is 47.0. The van der Waals surface area contributed by atoms with E-state index >= 15 is 0 Å². The molecule has 1 fully saturated rings. The van der Waals surface area contributed by atoms with E-state index in [0.29, 0.717) is 13.3 Å². The third-order valence-electron chi connectivity index (χ3n) is 3.80. The van der Waals surface area contributed by atoms with Crippen molar-refractivity contribution in [1.29, 1.82) is 0 Å². The first-order chi connectivity index (χ1) is 10.5. The van der Waals surface area contributed by atoms with Gasteiger partial charge in [-0.15, -0.1) is 0 Å². The van der Waals surface area contributed by atoms with Crippen molar-refractivity contribution in [1.82, 2.24) is 10.2 Å². The van der Waals surface area contributed by atoms with Crippen LogP contribution in [-0.2, 0) is 14.4 Å². The molecule has 1 heterocycles. The summed E-state index contributed by atoms with van der Waals surface area (Å²) in [5, 5.41) is 11.2. The van der Waals surface area contributed by atoms with Gasteiger partial charge in [-0.3, -0.25) is 19.3 Å². The topological polar surface area (TPSA) is 104 Å². The third kappa shape index (κ3) is 4.02. The number of nitrogens with zero attached hydrogens (tertiary/aromatic N) is 1. The molecule has 7 nitrogen and oxygen atoms in total. The fraction of sp³-hybridized carbons (Fsp3) is 0.714. The first kappa shape index (κ1) is 19.0. The molecule has 0 spiro atoms. The summed E-state index contributed by atoms with van der Waals surface area (Å²) in [5.74, 6) is -8.97. The van der Waals surface area contributed by atoms with Crippen LogP contribution in [0.2, 0.25) is 0 Å². The number of likely N-dealkylation sites (tertiary alicyclic amines) is 1. The smallest absolute Gasteiger partial charge is 0.407 e. The molecule has 1 rings (SSSR count). The summed E-state index contributed by atoms with van der Waals surface area (Å²) in [6, 6.07) is -2.59. The number of carbonyl (C=O) groups is 4. The average molecular weight is 334 g/mol. The summed E-state index contributed by atoms with van der Waals surface area (Å²) in [5.41, 5.74) is 0. The van der Waals surface area contributed by atoms with Gasteiger partial charge in [-0.25, -0.2) is 4.79 Å². The second kappa shape index (κ2) is 7.01. The number of nitrogens with one attached hydrogen (secondary N) is 1. The SMILES string of the molecule is CC(=O)C(F)(F)C(=O)C(NC(=O)C1CCCN1C(=O)O)C(C)C. The van der Waals surface area contributed by atoms with Gasteiger partial charge in [-0.2, -0.15) is 8.78 Å². The minimum absolute atomic E-state index is 0.164. The first-order valence-electron chi connectivity index (χ1n) is 7.23. The molecule has 0 radical (unpaired) electrons. The molecule has 1 aliphatic heterocycles. The van der Waals surface area contributed by atoms with E-state index in [1.165, 1.54) is 13.8 Å². The number of ketones is 2. The molecule has 9 heteroatoms. The van der Waals surface area contributed by atoms with Crippen LogP contribution >= 0.6 is 0 Å². The molecule has 2 atom stereocenters. The second-order valence-electron chi connectivity index (χ2n) is 5.86. The van der Waals surface area contributed by atoms with Crippen LogP contribution in [0, 0.1) is 5.92 Å². The molecule has 0 aliphatic carbocycles. The molecule has 130 valence electrons. The quantitative estimate of drug-likeness (QED) is 0.707. The highest BCUT2D eigenvalue weighted by atomic mass is 19.3. The normalized spacial score (nSPS) is 19.6. The fourth-order valence-corrected chi connectivity index (χ4v) is 2.42. The number of hydrogen-bond donors (Lipinski definition) is 2. The van der Waals surface area contributed by atoms with E-state index in [1.54, 1.807) is 0 Å². The van der Waals surface area contributed by atoms with E-state index in [2.05, 4.69) is 5.32 Å². The van der Waals surface area contributed by atoms with Crippen molar-refractivity contribution in [3.05, 3.63) is 0 Å². The number of rotatable bonds is 6. The van der Waals surface area contributed by atoms with Gasteiger partial charge < -0.3 is 10.4 Å². The molecule has 1 aliphatic rings. The van der Waals surface area contributed by atoms with Gasteiger partial charge in [0.2, 0.25) is 17.5 Å². The van der Waals surface area contributed by atoms with Crippen molar-refractivity contribution >= 4 is 23.6 Å². The number of amides is 2. The molecular weight excluding hydrogens is 314 g/mol. The monoisotopic (exact) mass is 334 g/mol. The van der Waals surface area contributed by atoms with E-state index in [-0.39, 0.29) is 13.0 Å². The first-order valence-corrected chi connectivity index (χ1v) is 7.23. The Morgan fingerprint density at radius 2 is 1.83 bits per heavy atom. The molecule has 2 unspecified atom stereocenters. The fourth-order valence-electron chi connectivity index (χ4n) is 2.42. The molecule has 1 saturated heterocycles. The lowest BCUT2D eigenvalue weighted by Crippen LogP contribution is -2.56. The maximum Gasteiger partial charge on any atom is 0.407 e. The third-order valence-corrected chi connectivity index (χ3v) is 3.80. The van der Waals surface area contributed by atoms with Crippen LogP contribution < -0.4 is 5.32 Å². The van der Waals surface area contributed by atoms with Gasteiger partial charge in [-0.1, -0.05) is 13.8 Å². The molecular formula is C14H20F2N2O5. The van der Waals surface area contributed by atoms with Gasteiger partial charge in [0, 0.05) is 13.5 Å². The van der Waals surface area contributed by atoms with E-state index in [9.17, 15) is 28.0 Å². The highest BCUT2D eigenvalue weighted by Gasteiger charge is 2.49. The van der Waals surface area contributed by atoms with Gasteiger partial charge in [0.25, 0.3) is 0 Å². The van der Waals surface area contributed by atoms with Gasteiger partial charge in [0.05, 0.1) is 6.04 Å². The highest BCUT2D eigenvalue weighted by Crippen LogP contribution is 2.22. The number of Topliss-reactive ketones (excluding diaryl/α,β-unsaturated/α-hetero) is 2. The van der Waals surface area contributed by atoms with Gasteiger partial charge in [0.15, 0.2) is 0 Å². The van der Waals surface area contributed by atoms with Crippen molar-refractivity contribution in [2.45, 2.75) is 51.6 Å². The number of alkyl halides is 2. The highest BCUT2D eigenvalue weighted by molar-refractivity contribution is 6.10. The Hall–Kier alpha value is -2.06. The lowest BCUT2D eigenvalue weighted by molar-refractivity contribution is -0.158. The predicted molar refractivity (Wildman–Crippen MR) is 75.2 cm³/mol. The Morgan fingerprint density at radius 1 is 1.26 bits per heavy atom. The van der Waals surface area contributed by atoms with E-state index in [4.69, 9.17) is 5.11 Å². The number of carbonyl (C=O) groups excluding carboxylic acids is 3. The maximum atomic E-state index is 13.6. The van der Waals surface area contributed by atoms with Crippen LogP contribution in [0.15, 0.2) is 0 Å². The largest absolute Gasteiger partial charge is 0.465 e. The van der Waals surface area contributed by atoms with Crippen molar-refractivity contribution < 1.29 is 33.1 Å². The number of halogens is 2. The molecule has 2 N–H and O–H groups in total. The standard InChI is InChI=1S/C14H20F2N2O5/c1-7(2)10(11(20)14(15,16)8(3)19)17-12(21)9-5-4-6-18(9)13(22)23/h7,9-10H,4-6H2,1-3H3,(H,17,21)(H,22,23). The molecule has 0 aromatic rings. The Balaban J connectivity index is 2.92. The van der Waals surface area contributed by atoms with Crippen molar-refractivity contribution in [2.75, 3.05) is 6.54 Å². The van der Waals surface area contributed by atoms with Crippen molar-refractivity contribution in [3.8, 4) is 0 Å². The molecule has 0 aromatic heterocycles. The van der Waals surface area contributed by atoms with E-state index in [0.717, 1.165) is 4.90 Å². The molecule has 0 bridgehead atoms. The van der Waals surface area contributed by atoms with Crippen LogP contribution in [-0.4, -0.2) is 58.1 Å². The minimum Gasteiger partial charge on any atom is -0.465 e. The van der Waals surface area contributed by atoms with Gasteiger partial charge in [0.1, 0.15) is 6.04 Å². The molecule has 2 amide bonds. The van der Waals surface area contributed by atoms with Crippen LogP contribution in [0.5, 0.6) is 0 Å². The lowest BCUT2D eigenvalue weighted by Gasteiger charge is -2.27. The number of carboxylic acid groups (broad SMARTS) is 1. The summed E-state index contributed by atoms with van der Waals surface area (Å²) in [7, 11) is 0. The Morgan fingerprint density at radius 3 is 2.26 bits per heavy atom. The Bertz CT molecular complexity index is 521. The summed E-state index contributed by atoms with van der Waals surface area (Å²) >= 11 is 0. The Kier molecular flexibility index (Phi) is 5.79. The predicted octanol–water partition coefficient (Wildman–Crippen LogP) is 1.06. The zero-order chi connectivity index (χ0) is 17.9. The van der Waals surface area contributed by atoms with E-state index < -0.39 is 47.5 Å². The Labute approximate surface area is 132 Å².